The molecule has 76 valence electrons. The van der Waals surface area contributed by atoms with E-state index in [0.717, 1.165) is 10.0 Å². The first-order valence-corrected chi connectivity index (χ1v) is 4.85. The Balaban J connectivity index is 3.53. The molecule has 0 spiro atoms. The van der Waals surface area contributed by atoms with Crippen LogP contribution in [0.25, 0.3) is 0 Å². The van der Waals surface area contributed by atoms with Gasteiger partial charge in [0.1, 0.15) is 11.3 Å². The third kappa shape index (κ3) is 1.75. The number of halogens is 1. The molecule has 4 heteroatoms. The van der Waals surface area contributed by atoms with Crippen LogP contribution in [-0.4, -0.2) is 18.2 Å². The van der Waals surface area contributed by atoms with Crippen LogP contribution < -0.4 is 4.74 Å². The number of hydrogen-bond acceptors (Lipinski definition) is 2. The maximum Gasteiger partial charge on any atom is 0.339 e. The number of methoxy groups -OCH3 is 1. The second-order valence-corrected chi connectivity index (χ2v) is 3.81. The van der Waals surface area contributed by atoms with Crippen LogP contribution in [0.15, 0.2) is 10.5 Å². The molecule has 0 aliphatic rings. The number of carboxylic acids is 1. The Kier molecular flexibility index (Phi) is 3.16. The fraction of sp³-hybridized carbons (Fsp3) is 0.300. The monoisotopic (exact) mass is 258 g/mol. The second kappa shape index (κ2) is 4.00. The minimum absolute atomic E-state index is 0.213. The van der Waals surface area contributed by atoms with Crippen molar-refractivity contribution in [1.29, 1.82) is 0 Å². The quantitative estimate of drug-likeness (QED) is 0.888. The van der Waals surface area contributed by atoms with Crippen LogP contribution in [0.5, 0.6) is 5.75 Å². The number of rotatable bonds is 2. The Labute approximate surface area is 90.8 Å². The molecule has 1 rings (SSSR count). The lowest BCUT2D eigenvalue weighted by atomic mass is 10.0. The lowest BCUT2D eigenvalue weighted by molar-refractivity contribution is 0.0692. The van der Waals surface area contributed by atoms with Crippen molar-refractivity contribution in [2.75, 3.05) is 7.11 Å². The number of hydrogen-bond donors (Lipinski definition) is 1. The number of carboxylic acid groups (broad SMARTS) is 1. The van der Waals surface area contributed by atoms with Crippen LogP contribution in [0, 0.1) is 13.8 Å². The summed E-state index contributed by atoms with van der Waals surface area (Å²) in [4.78, 5) is 11.0. The summed E-state index contributed by atoms with van der Waals surface area (Å²) >= 11 is 3.34. The summed E-state index contributed by atoms with van der Waals surface area (Å²) in [7, 11) is 1.47. The predicted octanol–water partition coefficient (Wildman–Crippen LogP) is 2.77. The number of benzene rings is 1. The molecule has 0 saturated carbocycles. The van der Waals surface area contributed by atoms with Gasteiger partial charge < -0.3 is 9.84 Å². The summed E-state index contributed by atoms with van der Waals surface area (Å²) in [6, 6.07) is 1.71. The summed E-state index contributed by atoms with van der Waals surface area (Å²) in [5.74, 6) is -0.573. The molecule has 0 aliphatic carbocycles. The minimum atomic E-state index is -0.972. The van der Waals surface area contributed by atoms with Gasteiger partial charge in [0, 0.05) is 4.47 Å². The van der Waals surface area contributed by atoms with Crippen molar-refractivity contribution in [2.24, 2.45) is 0 Å². The molecule has 0 aliphatic heterocycles. The fourth-order valence-electron chi connectivity index (χ4n) is 1.35. The van der Waals surface area contributed by atoms with Crippen molar-refractivity contribution >= 4 is 21.9 Å². The first-order valence-electron chi connectivity index (χ1n) is 4.06. The highest BCUT2D eigenvalue weighted by molar-refractivity contribution is 9.10. The Morgan fingerprint density at radius 3 is 2.50 bits per heavy atom. The number of aromatic carboxylic acids is 1. The van der Waals surface area contributed by atoms with E-state index in [4.69, 9.17) is 9.84 Å². The van der Waals surface area contributed by atoms with Gasteiger partial charge in [0.15, 0.2) is 0 Å². The summed E-state index contributed by atoms with van der Waals surface area (Å²) in [5.41, 5.74) is 1.86. The zero-order valence-corrected chi connectivity index (χ0v) is 9.81. The van der Waals surface area contributed by atoms with Gasteiger partial charge in [-0.15, -0.1) is 0 Å². The molecule has 1 aromatic rings. The molecule has 1 aromatic carbocycles. The third-order valence-corrected chi connectivity index (χ3v) is 3.30. The fourth-order valence-corrected chi connectivity index (χ4v) is 1.66. The van der Waals surface area contributed by atoms with Crippen molar-refractivity contribution in [3.8, 4) is 5.75 Å². The zero-order valence-electron chi connectivity index (χ0n) is 8.22. The summed E-state index contributed by atoms with van der Waals surface area (Å²) in [6.07, 6.45) is 0. The highest BCUT2D eigenvalue weighted by Gasteiger charge is 2.17. The van der Waals surface area contributed by atoms with Crippen molar-refractivity contribution in [3.63, 3.8) is 0 Å². The van der Waals surface area contributed by atoms with E-state index < -0.39 is 5.97 Å². The van der Waals surface area contributed by atoms with Crippen molar-refractivity contribution in [1.82, 2.24) is 0 Å². The Morgan fingerprint density at radius 2 is 2.07 bits per heavy atom. The topological polar surface area (TPSA) is 46.5 Å². The van der Waals surface area contributed by atoms with E-state index in [1.807, 2.05) is 6.92 Å². The van der Waals surface area contributed by atoms with Gasteiger partial charge >= 0.3 is 5.97 Å². The summed E-state index contributed by atoms with van der Waals surface area (Å²) in [5, 5.41) is 8.99. The average Bonchev–Trinajstić information content (AvgIpc) is 2.12. The zero-order chi connectivity index (χ0) is 10.9. The molecule has 0 amide bonds. The first kappa shape index (κ1) is 11.0. The Hall–Kier alpha value is -1.03. The lowest BCUT2D eigenvalue weighted by Gasteiger charge is -2.11. The third-order valence-electron chi connectivity index (χ3n) is 2.08. The van der Waals surface area contributed by atoms with Crippen LogP contribution in [-0.2, 0) is 0 Å². The molecule has 0 bridgehead atoms. The van der Waals surface area contributed by atoms with Crippen molar-refractivity contribution in [3.05, 3.63) is 27.2 Å². The van der Waals surface area contributed by atoms with Crippen LogP contribution >= 0.6 is 15.9 Å². The summed E-state index contributed by atoms with van der Waals surface area (Å²) < 4.78 is 5.84. The van der Waals surface area contributed by atoms with E-state index in [0.29, 0.717) is 11.3 Å². The predicted molar refractivity (Wildman–Crippen MR) is 57.1 cm³/mol. The van der Waals surface area contributed by atoms with Gasteiger partial charge in [-0.25, -0.2) is 4.79 Å². The number of carbonyl (C=O) groups is 1. The van der Waals surface area contributed by atoms with Crippen LogP contribution in [0.1, 0.15) is 21.5 Å². The van der Waals surface area contributed by atoms with Gasteiger partial charge in [-0.3, -0.25) is 0 Å². The van der Waals surface area contributed by atoms with Gasteiger partial charge in [-0.1, -0.05) is 15.9 Å². The van der Waals surface area contributed by atoms with E-state index in [2.05, 4.69) is 15.9 Å². The molecular formula is C10H11BrO3. The van der Waals surface area contributed by atoms with Gasteiger partial charge in [-0.2, -0.15) is 0 Å². The van der Waals surface area contributed by atoms with Gasteiger partial charge in [0.2, 0.25) is 0 Å². The maximum atomic E-state index is 11.0. The van der Waals surface area contributed by atoms with Gasteiger partial charge in [-0.05, 0) is 31.0 Å². The van der Waals surface area contributed by atoms with Crippen molar-refractivity contribution in [2.45, 2.75) is 13.8 Å². The van der Waals surface area contributed by atoms with Gasteiger partial charge in [0.05, 0.1) is 7.11 Å². The highest BCUT2D eigenvalue weighted by atomic mass is 79.9. The molecule has 0 heterocycles. The molecule has 0 fully saturated rings. The first-order chi connectivity index (χ1) is 6.49. The van der Waals surface area contributed by atoms with Crippen LogP contribution in [0.3, 0.4) is 0 Å². The minimum Gasteiger partial charge on any atom is -0.496 e. The molecule has 0 atom stereocenters. The number of ether oxygens (including phenoxy) is 1. The Morgan fingerprint density at radius 1 is 1.50 bits per heavy atom. The molecular weight excluding hydrogens is 248 g/mol. The van der Waals surface area contributed by atoms with Crippen LogP contribution in [0.2, 0.25) is 0 Å². The maximum absolute atomic E-state index is 11.0. The largest absolute Gasteiger partial charge is 0.496 e. The van der Waals surface area contributed by atoms with E-state index in [-0.39, 0.29) is 5.56 Å². The molecule has 1 N–H and O–H groups in total. The standard InChI is InChI=1S/C10H11BrO3/c1-5-4-7(14-3)8(10(12)13)6(2)9(5)11/h4H,1-3H3,(H,12,13). The van der Waals surface area contributed by atoms with Gasteiger partial charge in [0.25, 0.3) is 0 Å². The van der Waals surface area contributed by atoms with E-state index in [1.165, 1.54) is 7.11 Å². The Bertz CT molecular complexity index is 385. The lowest BCUT2D eigenvalue weighted by Crippen LogP contribution is -2.04. The molecule has 0 aromatic heterocycles. The molecule has 0 radical (unpaired) electrons. The summed E-state index contributed by atoms with van der Waals surface area (Å²) in [6.45, 7) is 3.65. The van der Waals surface area contributed by atoms with E-state index in [1.54, 1.807) is 13.0 Å². The normalized spacial score (nSPS) is 10.0. The van der Waals surface area contributed by atoms with Crippen LogP contribution in [0.4, 0.5) is 0 Å². The average molecular weight is 259 g/mol. The van der Waals surface area contributed by atoms with E-state index >= 15 is 0 Å². The molecule has 14 heavy (non-hydrogen) atoms. The second-order valence-electron chi connectivity index (χ2n) is 3.01. The highest BCUT2D eigenvalue weighted by Crippen LogP contribution is 2.31. The van der Waals surface area contributed by atoms with E-state index in [9.17, 15) is 4.79 Å². The molecule has 3 nitrogen and oxygen atoms in total. The molecule has 0 unspecified atom stereocenters. The SMILES string of the molecule is COc1cc(C)c(Br)c(C)c1C(=O)O. The van der Waals surface area contributed by atoms with Crippen molar-refractivity contribution < 1.29 is 14.6 Å². The number of aryl methyl sites for hydroxylation is 1. The smallest absolute Gasteiger partial charge is 0.339 e. The molecule has 0 saturated heterocycles.